The van der Waals surface area contributed by atoms with Crippen LogP contribution in [0.5, 0.6) is 11.5 Å². The number of phenols is 1. The van der Waals surface area contributed by atoms with Gasteiger partial charge in [-0.15, -0.1) is 11.6 Å². The van der Waals surface area contributed by atoms with Crippen molar-refractivity contribution in [1.29, 1.82) is 0 Å². The highest BCUT2D eigenvalue weighted by atomic mass is 35.5. The lowest BCUT2D eigenvalue weighted by Gasteiger charge is -2.39. The number of aromatic hydroxyl groups is 1. The van der Waals surface area contributed by atoms with E-state index in [0.29, 0.717) is 29.5 Å². The predicted octanol–water partition coefficient (Wildman–Crippen LogP) is 8.07. The van der Waals surface area contributed by atoms with Crippen molar-refractivity contribution in [3.05, 3.63) is 22.8 Å². The lowest BCUT2D eigenvalue weighted by molar-refractivity contribution is -0.268. The minimum absolute atomic E-state index is 0.120. The lowest BCUT2D eigenvalue weighted by Crippen LogP contribution is -2.58. The smallest absolute Gasteiger partial charge is 0.229 e. The topological polar surface area (TPSA) is 169 Å². The molecular formula is C44H77ClO10. The first-order chi connectivity index (χ1) is 26.5. The molecule has 320 valence electrons. The van der Waals surface area contributed by atoms with Crippen LogP contribution in [0.15, 0.2) is 6.07 Å². The van der Waals surface area contributed by atoms with Crippen molar-refractivity contribution in [1.82, 2.24) is 0 Å². The number of aliphatic hydroxyl groups is 6. The third-order valence-corrected chi connectivity index (χ3v) is 12.1. The molecule has 0 radical (unpaired) electrons. The zero-order chi connectivity index (χ0) is 40.2. The largest absolute Gasteiger partial charge is 0.507 e. The van der Waals surface area contributed by atoms with Gasteiger partial charge in [0.1, 0.15) is 54.2 Å². The number of ether oxygens (including phenoxy) is 3. The van der Waals surface area contributed by atoms with Gasteiger partial charge in [-0.1, -0.05) is 129 Å². The maximum absolute atomic E-state index is 12.1. The Morgan fingerprint density at radius 3 is 1.75 bits per heavy atom. The van der Waals surface area contributed by atoms with Gasteiger partial charge in [-0.2, -0.15) is 0 Å². The van der Waals surface area contributed by atoms with E-state index in [2.05, 4.69) is 13.8 Å². The fraction of sp³-hybridized carbons (Fsp3) is 0.864. The van der Waals surface area contributed by atoms with Crippen LogP contribution in [0.25, 0.3) is 0 Å². The Balaban J connectivity index is 1.77. The molecule has 55 heavy (non-hydrogen) atoms. The number of rotatable bonds is 28. The molecule has 0 spiro atoms. The van der Waals surface area contributed by atoms with E-state index >= 15 is 0 Å². The van der Waals surface area contributed by atoms with Crippen LogP contribution < -0.4 is 4.74 Å². The SMILES string of the molecule is CCCCCCCCCCCCc1c(OC2OC(C)C(O)C(O)C2O)cc(CCCCCC(Cl)CCCCCCCCC)c(C2OCC(O)C(O)C2O)c1O. The maximum atomic E-state index is 12.1. The summed E-state index contributed by atoms with van der Waals surface area (Å²) in [7, 11) is 0. The van der Waals surface area contributed by atoms with Gasteiger partial charge in [0.15, 0.2) is 0 Å². The molecule has 2 aliphatic heterocycles. The summed E-state index contributed by atoms with van der Waals surface area (Å²) in [5.74, 6) is 0.166. The minimum Gasteiger partial charge on any atom is -0.507 e. The third-order valence-electron chi connectivity index (χ3n) is 11.7. The van der Waals surface area contributed by atoms with Crippen LogP contribution in [-0.2, 0) is 22.3 Å². The predicted molar refractivity (Wildman–Crippen MR) is 218 cm³/mol. The van der Waals surface area contributed by atoms with Gasteiger partial charge in [-0.05, 0) is 57.1 Å². The molecule has 0 amide bonds. The summed E-state index contributed by atoms with van der Waals surface area (Å²) in [6.45, 7) is 5.84. The average molecular weight is 802 g/mol. The van der Waals surface area contributed by atoms with E-state index in [9.17, 15) is 35.7 Å². The van der Waals surface area contributed by atoms with E-state index < -0.39 is 55.1 Å². The van der Waals surface area contributed by atoms with E-state index in [4.69, 9.17) is 25.8 Å². The second-order valence-corrected chi connectivity index (χ2v) is 17.0. The Morgan fingerprint density at radius 2 is 1.16 bits per heavy atom. The second-order valence-electron chi connectivity index (χ2n) is 16.4. The number of aliphatic hydroxyl groups excluding tert-OH is 6. The van der Waals surface area contributed by atoms with Crippen LogP contribution in [0.4, 0.5) is 0 Å². The molecule has 2 heterocycles. The van der Waals surface area contributed by atoms with E-state index in [0.717, 1.165) is 64.2 Å². The summed E-state index contributed by atoms with van der Waals surface area (Å²) in [5.41, 5.74) is 1.46. The highest BCUT2D eigenvalue weighted by Crippen LogP contribution is 2.44. The second kappa shape index (κ2) is 26.7. The third kappa shape index (κ3) is 15.8. The zero-order valence-electron chi connectivity index (χ0n) is 34.3. The van der Waals surface area contributed by atoms with Crippen molar-refractivity contribution < 1.29 is 50.0 Å². The maximum Gasteiger partial charge on any atom is 0.229 e. The van der Waals surface area contributed by atoms with E-state index in [1.807, 2.05) is 0 Å². The van der Waals surface area contributed by atoms with E-state index in [-0.39, 0.29) is 23.5 Å². The molecule has 11 heteroatoms. The molecule has 7 N–H and O–H groups in total. The van der Waals surface area contributed by atoms with Gasteiger partial charge in [-0.25, -0.2) is 0 Å². The fourth-order valence-electron chi connectivity index (χ4n) is 8.04. The van der Waals surface area contributed by atoms with Crippen LogP contribution in [0.1, 0.15) is 185 Å². The van der Waals surface area contributed by atoms with Crippen LogP contribution in [0.3, 0.4) is 0 Å². The standard InChI is InChI=1S/C44H77ClO10/c1-4-6-8-10-12-13-14-16-18-23-27-33-35(55-44-42(52)40(50)37(47)30(3)54-44)28-31(36(38(33)48)43-41(51)39(49)34(46)29-53-43)24-20-19-22-26-32(45)25-21-17-15-11-9-7-5-2/h28,30,32,34,37,39-44,46-52H,4-27,29H2,1-3H3. The van der Waals surface area contributed by atoms with Crippen molar-refractivity contribution in [2.75, 3.05) is 6.61 Å². The number of unbranched alkanes of at least 4 members (excludes halogenated alkanes) is 17. The van der Waals surface area contributed by atoms with Crippen molar-refractivity contribution in [3.8, 4) is 11.5 Å². The molecule has 3 rings (SSSR count). The Labute approximate surface area is 336 Å². The summed E-state index contributed by atoms with van der Waals surface area (Å²) in [5, 5.41) is 75.9. The summed E-state index contributed by atoms with van der Waals surface area (Å²) < 4.78 is 18.0. The van der Waals surface area contributed by atoms with Gasteiger partial charge in [0, 0.05) is 16.5 Å². The molecule has 10 unspecified atom stereocenters. The molecule has 2 saturated heterocycles. The molecule has 2 aliphatic rings. The van der Waals surface area contributed by atoms with Gasteiger partial charge in [0.05, 0.1) is 12.7 Å². The number of phenolic OH excluding ortho intramolecular Hbond substituents is 1. The van der Waals surface area contributed by atoms with Gasteiger partial charge >= 0.3 is 0 Å². The average Bonchev–Trinajstić information content (AvgIpc) is 3.16. The number of alkyl halides is 1. The molecule has 10 atom stereocenters. The highest BCUT2D eigenvalue weighted by Gasteiger charge is 2.44. The number of benzene rings is 1. The Hall–Kier alpha value is -1.21. The lowest BCUT2D eigenvalue weighted by atomic mass is 9.86. The molecule has 0 aromatic heterocycles. The van der Waals surface area contributed by atoms with E-state index in [1.54, 1.807) is 13.0 Å². The quantitative estimate of drug-likeness (QED) is 0.0325. The Morgan fingerprint density at radius 1 is 0.655 bits per heavy atom. The molecule has 0 aliphatic carbocycles. The molecule has 1 aromatic carbocycles. The summed E-state index contributed by atoms with van der Waals surface area (Å²) in [6, 6.07) is 1.79. The number of hydrogen-bond donors (Lipinski definition) is 7. The first kappa shape index (κ1) is 48.2. The molecule has 2 fully saturated rings. The summed E-state index contributed by atoms with van der Waals surface area (Å²) >= 11 is 6.70. The van der Waals surface area contributed by atoms with Gasteiger partial charge in [0.25, 0.3) is 0 Å². The van der Waals surface area contributed by atoms with Crippen molar-refractivity contribution in [2.24, 2.45) is 0 Å². The monoisotopic (exact) mass is 801 g/mol. The molecule has 1 aromatic rings. The van der Waals surface area contributed by atoms with Gasteiger partial charge in [-0.3, -0.25) is 0 Å². The molecule has 10 nitrogen and oxygen atoms in total. The van der Waals surface area contributed by atoms with E-state index in [1.165, 1.54) is 77.0 Å². The van der Waals surface area contributed by atoms with Crippen molar-refractivity contribution in [2.45, 2.75) is 235 Å². The van der Waals surface area contributed by atoms with Crippen LogP contribution in [0, 0.1) is 0 Å². The first-order valence-corrected chi connectivity index (χ1v) is 22.5. The van der Waals surface area contributed by atoms with Crippen molar-refractivity contribution >= 4 is 11.6 Å². The minimum atomic E-state index is -1.54. The molecule has 0 saturated carbocycles. The van der Waals surface area contributed by atoms with Crippen LogP contribution in [0.2, 0.25) is 0 Å². The van der Waals surface area contributed by atoms with Crippen molar-refractivity contribution in [3.63, 3.8) is 0 Å². The summed E-state index contributed by atoms with van der Waals surface area (Å²) in [6.07, 6.45) is 13.9. The number of hydrogen-bond acceptors (Lipinski definition) is 10. The number of halogens is 1. The van der Waals surface area contributed by atoms with Crippen LogP contribution in [-0.4, -0.2) is 96.7 Å². The first-order valence-electron chi connectivity index (χ1n) is 22.0. The highest BCUT2D eigenvalue weighted by molar-refractivity contribution is 6.20. The normalized spacial score (nSPS) is 27.7. The fourth-order valence-corrected chi connectivity index (χ4v) is 8.34. The zero-order valence-corrected chi connectivity index (χ0v) is 35.0. The number of aryl methyl sites for hydroxylation is 1. The molecule has 0 bridgehead atoms. The summed E-state index contributed by atoms with van der Waals surface area (Å²) in [4.78, 5) is 0. The van der Waals surface area contributed by atoms with Gasteiger partial charge in [0.2, 0.25) is 6.29 Å². The van der Waals surface area contributed by atoms with Crippen LogP contribution >= 0.6 is 11.6 Å². The Bertz CT molecular complexity index is 1170. The van der Waals surface area contributed by atoms with Gasteiger partial charge < -0.3 is 50.0 Å². The molecular weight excluding hydrogens is 724 g/mol. The Kier molecular flexibility index (Phi) is 23.4.